The van der Waals surface area contributed by atoms with E-state index in [1.54, 1.807) is 6.07 Å². The van der Waals surface area contributed by atoms with Gasteiger partial charge in [-0.2, -0.15) is 0 Å². The summed E-state index contributed by atoms with van der Waals surface area (Å²) >= 11 is 5.89. The van der Waals surface area contributed by atoms with Crippen molar-refractivity contribution in [3.8, 4) is 0 Å². The largest absolute Gasteiger partial charge is 0.348 e. The monoisotopic (exact) mass is 291 g/mol. The van der Waals surface area contributed by atoms with E-state index in [1.807, 2.05) is 30.3 Å². The van der Waals surface area contributed by atoms with Gasteiger partial charge in [-0.25, -0.2) is 4.39 Å². The van der Waals surface area contributed by atoms with Gasteiger partial charge in [-0.3, -0.25) is 4.79 Å². The van der Waals surface area contributed by atoms with Crippen molar-refractivity contribution in [2.75, 3.05) is 5.88 Å². The first-order chi connectivity index (χ1) is 9.69. The van der Waals surface area contributed by atoms with E-state index in [0.29, 0.717) is 17.9 Å². The summed E-state index contributed by atoms with van der Waals surface area (Å²) in [6.07, 6.45) is 0.644. The van der Waals surface area contributed by atoms with Crippen molar-refractivity contribution in [1.82, 2.24) is 5.32 Å². The summed E-state index contributed by atoms with van der Waals surface area (Å²) in [7, 11) is 0. The highest BCUT2D eigenvalue weighted by atomic mass is 35.5. The lowest BCUT2D eigenvalue weighted by Gasteiger charge is -2.16. The van der Waals surface area contributed by atoms with Crippen LogP contribution in [0.25, 0.3) is 0 Å². The van der Waals surface area contributed by atoms with Gasteiger partial charge in [-0.15, -0.1) is 11.6 Å². The van der Waals surface area contributed by atoms with Gasteiger partial charge < -0.3 is 5.32 Å². The molecule has 2 aromatic carbocycles. The highest BCUT2D eigenvalue weighted by Crippen LogP contribution is 2.07. The summed E-state index contributed by atoms with van der Waals surface area (Å²) in [6, 6.07) is 15.2. The smallest absolute Gasteiger partial charge is 0.251 e. The Labute approximate surface area is 122 Å². The van der Waals surface area contributed by atoms with Crippen LogP contribution in [0.1, 0.15) is 15.9 Å². The average molecular weight is 292 g/mol. The normalized spacial score (nSPS) is 11.9. The summed E-state index contributed by atoms with van der Waals surface area (Å²) in [5.41, 5.74) is 1.39. The highest BCUT2D eigenvalue weighted by molar-refractivity contribution is 6.18. The number of carbonyl (C=O) groups is 1. The Bertz CT molecular complexity index is 574. The van der Waals surface area contributed by atoms with Crippen LogP contribution in [-0.2, 0) is 6.42 Å². The molecule has 0 bridgehead atoms. The maximum atomic E-state index is 13.1. The predicted octanol–water partition coefficient (Wildman–Crippen LogP) is 3.41. The van der Waals surface area contributed by atoms with Crippen LogP contribution in [0.3, 0.4) is 0 Å². The van der Waals surface area contributed by atoms with Gasteiger partial charge in [0, 0.05) is 17.5 Å². The Kier molecular flexibility index (Phi) is 5.13. The van der Waals surface area contributed by atoms with Crippen LogP contribution in [-0.4, -0.2) is 17.8 Å². The maximum absolute atomic E-state index is 13.1. The van der Waals surface area contributed by atoms with Crippen LogP contribution < -0.4 is 5.32 Å². The fourth-order valence-corrected chi connectivity index (χ4v) is 2.13. The maximum Gasteiger partial charge on any atom is 0.251 e. The van der Waals surface area contributed by atoms with Gasteiger partial charge in [0.1, 0.15) is 5.82 Å². The minimum atomic E-state index is -0.428. The van der Waals surface area contributed by atoms with Crippen LogP contribution in [0.15, 0.2) is 54.6 Å². The van der Waals surface area contributed by atoms with Crippen molar-refractivity contribution >= 4 is 17.5 Å². The molecule has 2 rings (SSSR count). The first kappa shape index (κ1) is 14.5. The first-order valence-corrected chi connectivity index (χ1v) is 6.89. The molecule has 0 spiro atoms. The van der Waals surface area contributed by atoms with Gasteiger partial charge in [-0.05, 0) is 30.2 Å². The molecule has 2 nitrogen and oxygen atoms in total. The highest BCUT2D eigenvalue weighted by Gasteiger charge is 2.13. The second kappa shape index (κ2) is 7.06. The molecule has 1 amide bonds. The van der Waals surface area contributed by atoms with Crippen molar-refractivity contribution in [1.29, 1.82) is 0 Å². The third-order valence-corrected chi connectivity index (χ3v) is 3.31. The van der Waals surface area contributed by atoms with E-state index in [0.717, 1.165) is 5.56 Å². The molecule has 0 saturated carbocycles. The molecule has 4 heteroatoms. The molecular formula is C16H15ClFNO. The molecule has 0 fully saturated rings. The SMILES string of the molecule is O=C(NC(CCl)Cc1ccccc1)c1cccc(F)c1. The molecular weight excluding hydrogens is 277 g/mol. The predicted molar refractivity (Wildman–Crippen MR) is 78.5 cm³/mol. The van der Waals surface area contributed by atoms with E-state index in [2.05, 4.69) is 5.32 Å². The third-order valence-electron chi connectivity index (χ3n) is 2.93. The Hall–Kier alpha value is -1.87. The van der Waals surface area contributed by atoms with E-state index in [9.17, 15) is 9.18 Å². The van der Waals surface area contributed by atoms with Crippen LogP contribution >= 0.6 is 11.6 Å². The number of carbonyl (C=O) groups excluding carboxylic acids is 1. The van der Waals surface area contributed by atoms with Gasteiger partial charge in [-0.1, -0.05) is 36.4 Å². The first-order valence-electron chi connectivity index (χ1n) is 6.35. The molecule has 0 saturated heterocycles. The van der Waals surface area contributed by atoms with Crippen LogP contribution in [0.5, 0.6) is 0 Å². The number of hydrogen-bond donors (Lipinski definition) is 1. The molecule has 1 N–H and O–H groups in total. The van der Waals surface area contributed by atoms with Gasteiger partial charge in [0.2, 0.25) is 0 Å². The molecule has 2 aromatic rings. The second-order valence-corrected chi connectivity index (χ2v) is 4.83. The van der Waals surface area contributed by atoms with Gasteiger partial charge >= 0.3 is 0 Å². The summed E-state index contributed by atoms with van der Waals surface area (Å²) in [4.78, 5) is 12.0. The Morgan fingerprint density at radius 1 is 1.15 bits per heavy atom. The lowest BCUT2D eigenvalue weighted by molar-refractivity contribution is 0.0940. The molecule has 1 atom stereocenters. The Morgan fingerprint density at radius 3 is 2.55 bits per heavy atom. The van der Waals surface area contributed by atoms with Crippen molar-refractivity contribution in [2.24, 2.45) is 0 Å². The van der Waals surface area contributed by atoms with Crippen molar-refractivity contribution in [3.05, 3.63) is 71.5 Å². The van der Waals surface area contributed by atoms with Crippen LogP contribution in [0, 0.1) is 5.82 Å². The van der Waals surface area contributed by atoms with Crippen LogP contribution in [0.4, 0.5) is 4.39 Å². The van der Waals surface area contributed by atoms with Crippen LogP contribution in [0.2, 0.25) is 0 Å². The standard InChI is InChI=1S/C16H15ClFNO/c17-11-15(9-12-5-2-1-3-6-12)19-16(20)13-7-4-8-14(18)10-13/h1-8,10,15H,9,11H2,(H,19,20). The zero-order chi connectivity index (χ0) is 14.4. The summed E-state index contributed by atoms with van der Waals surface area (Å²) in [5, 5.41) is 2.82. The van der Waals surface area contributed by atoms with Crippen molar-refractivity contribution < 1.29 is 9.18 Å². The van der Waals surface area contributed by atoms with E-state index in [1.165, 1.54) is 18.2 Å². The zero-order valence-electron chi connectivity index (χ0n) is 10.9. The third kappa shape index (κ3) is 4.07. The molecule has 0 aliphatic heterocycles. The molecule has 20 heavy (non-hydrogen) atoms. The van der Waals surface area contributed by atoms with E-state index in [-0.39, 0.29) is 11.9 Å². The lowest BCUT2D eigenvalue weighted by atomic mass is 10.1. The fraction of sp³-hybridized carbons (Fsp3) is 0.188. The molecule has 1 unspecified atom stereocenters. The molecule has 104 valence electrons. The van der Waals surface area contributed by atoms with Gasteiger partial charge in [0.15, 0.2) is 0 Å². The molecule has 0 aliphatic rings. The molecule has 0 heterocycles. The Balaban J connectivity index is 2.01. The summed E-state index contributed by atoms with van der Waals surface area (Å²) in [6.45, 7) is 0. The molecule has 0 aromatic heterocycles. The summed E-state index contributed by atoms with van der Waals surface area (Å²) in [5.74, 6) is -0.440. The topological polar surface area (TPSA) is 29.1 Å². The van der Waals surface area contributed by atoms with E-state index < -0.39 is 5.82 Å². The molecule has 0 aliphatic carbocycles. The number of nitrogens with one attached hydrogen (secondary N) is 1. The summed E-state index contributed by atoms with van der Waals surface area (Å²) < 4.78 is 13.1. The number of alkyl halides is 1. The number of amides is 1. The van der Waals surface area contributed by atoms with Gasteiger partial charge in [0.25, 0.3) is 5.91 Å². The van der Waals surface area contributed by atoms with Crippen molar-refractivity contribution in [3.63, 3.8) is 0 Å². The second-order valence-electron chi connectivity index (χ2n) is 4.52. The van der Waals surface area contributed by atoms with E-state index >= 15 is 0 Å². The van der Waals surface area contributed by atoms with E-state index in [4.69, 9.17) is 11.6 Å². The minimum Gasteiger partial charge on any atom is -0.348 e. The van der Waals surface area contributed by atoms with Crippen molar-refractivity contribution in [2.45, 2.75) is 12.5 Å². The lowest BCUT2D eigenvalue weighted by Crippen LogP contribution is -2.37. The zero-order valence-corrected chi connectivity index (χ0v) is 11.6. The number of benzene rings is 2. The quantitative estimate of drug-likeness (QED) is 0.841. The number of halogens is 2. The number of hydrogen-bond acceptors (Lipinski definition) is 1. The average Bonchev–Trinajstić information content (AvgIpc) is 2.47. The molecule has 0 radical (unpaired) electrons. The fourth-order valence-electron chi connectivity index (χ4n) is 1.94. The number of rotatable bonds is 5. The minimum absolute atomic E-state index is 0.185. The van der Waals surface area contributed by atoms with Gasteiger partial charge in [0.05, 0.1) is 0 Å². The Morgan fingerprint density at radius 2 is 1.90 bits per heavy atom.